The molecule has 1 fully saturated rings. The summed E-state index contributed by atoms with van der Waals surface area (Å²) in [6.07, 6.45) is 1.62. The number of nitrogens with zero attached hydrogens (tertiary/aromatic N) is 2. The lowest BCUT2D eigenvalue weighted by Gasteiger charge is -2.18. The number of rotatable bonds is 4. The second kappa shape index (κ2) is 6.85. The van der Waals surface area contributed by atoms with Crippen LogP contribution in [0.2, 0.25) is 0 Å². The van der Waals surface area contributed by atoms with E-state index < -0.39 is 0 Å². The summed E-state index contributed by atoms with van der Waals surface area (Å²) in [7, 11) is 1.51. The van der Waals surface area contributed by atoms with Gasteiger partial charge in [-0.2, -0.15) is 0 Å². The maximum atomic E-state index is 12.5. The van der Waals surface area contributed by atoms with Crippen molar-refractivity contribution in [2.75, 3.05) is 25.1 Å². The number of hydrogen-bond donors (Lipinski definition) is 2. The monoisotopic (exact) mass is 364 g/mol. The Hall–Kier alpha value is -3.19. The maximum absolute atomic E-state index is 12.5. The number of benzene rings is 2. The summed E-state index contributed by atoms with van der Waals surface area (Å²) >= 11 is 0. The second-order valence-electron chi connectivity index (χ2n) is 6.68. The van der Waals surface area contributed by atoms with Crippen molar-refractivity contribution in [3.05, 3.63) is 52.3 Å². The average Bonchev–Trinajstić information content (AvgIpc) is 3.13. The first-order valence-electron chi connectivity index (χ1n) is 8.77. The average molecular weight is 364 g/mol. The van der Waals surface area contributed by atoms with E-state index in [0.717, 1.165) is 30.8 Å². The third kappa shape index (κ3) is 3.17. The van der Waals surface area contributed by atoms with Crippen molar-refractivity contribution in [2.24, 2.45) is 5.73 Å². The highest BCUT2D eigenvalue weighted by Crippen LogP contribution is 2.25. The lowest BCUT2D eigenvalue weighted by Crippen LogP contribution is -2.26. The Morgan fingerprint density at radius 2 is 2.07 bits per heavy atom. The normalized spacial score (nSPS) is 16.7. The fourth-order valence-electron chi connectivity index (χ4n) is 3.48. The number of fused-ring (bicyclic) bond motifs is 1. The highest BCUT2D eigenvalue weighted by molar-refractivity contribution is 5.97. The molecular weight excluding hydrogens is 344 g/mol. The summed E-state index contributed by atoms with van der Waals surface area (Å²) in [5, 5.41) is 0.261. The van der Waals surface area contributed by atoms with Crippen molar-refractivity contribution in [3.63, 3.8) is 0 Å². The number of aromatic nitrogens is 2. The number of aldehydes is 1. The van der Waals surface area contributed by atoms with Crippen molar-refractivity contribution in [1.82, 2.24) is 9.97 Å². The van der Waals surface area contributed by atoms with Crippen molar-refractivity contribution >= 4 is 22.9 Å². The van der Waals surface area contributed by atoms with Gasteiger partial charge in [0.1, 0.15) is 11.6 Å². The molecular formula is C20H20N4O3. The summed E-state index contributed by atoms with van der Waals surface area (Å²) in [6.45, 7) is 1.79. The molecule has 3 aromatic rings. The van der Waals surface area contributed by atoms with Gasteiger partial charge in [-0.25, -0.2) is 4.98 Å². The molecule has 7 nitrogen and oxygen atoms in total. The largest absolute Gasteiger partial charge is 0.497 e. The molecule has 7 heteroatoms. The van der Waals surface area contributed by atoms with Crippen LogP contribution in [0.3, 0.4) is 0 Å². The smallest absolute Gasteiger partial charge is 0.259 e. The van der Waals surface area contributed by atoms with Gasteiger partial charge in [0, 0.05) is 42.0 Å². The predicted molar refractivity (Wildman–Crippen MR) is 105 cm³/mol. The highest BCUT2D eigenvalue weighted by Gasteiger charge is 2.19. The van der Waals surface area contributed by atoms with Gasteiger partial charge in [-0.1, -0.05) is 0 Å². The fraction of sp³-hybridized carbons (Fsp3) is 0.250. The van der Waals surface area contributed by atoms with E-state index in [4.69, 9.17) is 10.5 Å². The molecule has 0 amide bonds. The van der Waals surface area contributed by atoms with Crippen LogP contribution in [0.4, 0.5) is 5.69 Å². The van der Waals surface area contributed by atoms with E-state index >= 15 is 0 Å². The van der Waals surface area contributed by atoms with Crippen LogP contribution in [0.1, 0.15) is 16.8 Å². The molecule has 138 valence electrons. The quantitative estimate of drug-likeness (QED) is 0.686. The lowest BCUT2D eigenvalue weighted by molar-refractivity contribution is 0.112. The molecule has 0 radical (unpaired) electrons. The first-order valence-corrected chi connectivity index (χ1v) is 8.77. The molecule has 0 aliphatic carbocycles. The third-order valence-corrected chi connectivity index (χ3v) is 4.91. The SMILES string of the molecule is COc1cc(C=O)c2c(=O)[nH]c(-c3ccc(N4CCC(N)C4)cc3)nc2c1. The Labute approximate surface area is 155 Å². The molecule has 0 spiro atoms. The minimum atomic E-state index is -0.352. The van der Waals surface area contributed by atoms with Crippen molar-refractivity contribution in [1.29, 1.82) is 0 Å². The Morgan fingerprint density at radius 1 is 1.30 bits per heavy atom. The number of carbonyl (C=O) groups is 1. The maximum Gasteiger partial charge on any atom is 0.259 e. The molecule has 1 aliphatic heterocycles. The summed E-state index contributed by atoms with van der Waals surface area (Å²) in [6, 6.07) is 11.2. The van der Waals surface area contributed by atoms with Gasteiger partial charge in [-0.15, -0.1) is 0 Å². The summed E-state index contributed by atoms with van der Waals surface area (Å²) < 4.78 is 5.20. The number of carbonyl (C=O) groups excluding carboxylic acids is 1. The third-order valence-electron chi connectivity index (χ3n) is 4.91. The molecule has 1 aliphatic rings. The molecule has 27 heavy (non-hydrogen) atoms. The van der Waals surface area contributed by atoms with Crippen LogP contribution in [0.5, 0.6) is 5.75 Å². The number of anilines is 1. The Morgan fingerprint density at radius 3 is 2.70 bits per heavy atom. The number of aromatic amines is 1. The van der Waals surface area contributed by atoms with Crippen LogP contribution >= 0.6 is 0 Å². The number of nitrogens with two attached hydrogens (primary N) is 1. The van der Waals surface area contributed by atoms with Gasteiger partial charge in [0.2, 0.25) is 0 Å². The van der Waals surface area contributed by atoms with E-state index in [-0.39, 0.29) is 22.6 Å². The molecule has 1 unspecified atom stereocenters. The van der Waals surface area contributed by atoms with Gasteiger partial charge in [0.05, 0.1) is 18.0 Å². The standard InChI is InChI=1S/C20H20N4O3/c1-27-16-8-13(11-25)18-17(9-16)22-19(23-20(18)26)12-2-4-15(5-3-12)24-7-6-14(21)10-24/h2-5,8-9,11,14H,6-7,10,21H2,1H3,(H,22,23,26). The van der Waals surface area contributed by atoms with Crippen molar-refractivity contribution in [3.8, 4) is 17.1 Å². The Bertz CT molecular complexity index is 1060. The topological polar surface area (TPSA) is 101 Å². The number of hydrogen-bond acceptors (Lipinski definition) is 6. The molecule has 2 heterocycles. The number of H-pyrrole nitrogens is 1. The van der Waals surface area contributed by atoms with Gasteiger partial charge in [-0.05, 0) is 36.8 Å². The van der Waals surface area contributed by atoms with Crippen LogP contribution in [-0.4, -0.2) is 42.5 Å². The number of ether oxygens (including phenoxy) is 1. The molecule has 1 saturated heterocycles. The zero-order valence-electron chi connectivity index (χ0n) is 14.9. The first kappa shape index (κ1) is 17.2. The van der Waals surface area contributed by atoms with E-state index in [1.54, 1.807) is 6.07 Å². The molecule has 1 aromatic heterocycles. The second-order valence-corrected chi connectivity index (χ2v) is 6.68. The lowest BCUT2D eigenvalue weighted by atomic mass is 10.1. The van der Waals surface area contributed by atoms with Gasteiger partial charge in [-0.3, -0.25) is 9.59 Å². The van der Waals surface area contributed by atoms with E-state index in [9.17, 15) is 9.59 Å². The Balaban J connectivity index is 1.75. The van der Waals surface area contributed by atoms with E-state index in [1.807, 2.05) is 24.3 Å². The Kier molecular flexibility index (Phi) is 4.37. The minimum Gasteiger partial charge on any atom is -0.497 e. The predicted octanol–water partition coefficient (Wildman–Crippen LogP) is 1.95. The molecule has 4 rings (SSSR count). The van der Waals surface area contributed by atoms with Crippen LogP contribution in [0.25, 0.3) is 22.3 Å². The van der Waals surface area contributed by atoms with E-state index in [2.05, 4.69) is 14.9 Å². The molecule has 1 atom stereocenters. The highest BCUT2D eigenvalue weighted by atomic mass is 16.5. The summed E-state index contributed by atoms with van der Waals surface area (Å²) in [4.78, 5) is 33.4. The van der Waals surface area contributed by atoms with E-state index in [0.29, 0.717) is 23.4 Å². The van der Waals surface area contributed by atoms with Crippen LogP contribution in [0, 0.1) is 0 Å². The molecule has 0 bridgehead atoms. The number of methoxy groups -OCH3 is 1. The summed E-state index contributed by atoms with van der Waals surface area (Å²) in [5.74, 6) is 0.927. The van der Waals surface area contributed by atoms with Gasteiger partial charge in [0.15, 0.2) is 6.29 Å². The van der Waals surface area contributed by atoms with Gasteiger partial charge >= 0.3 is 0 Å². The van der Waals surface area contributed by atoms with E-state index in [1.165, 1.54) is 13.2 Å². The van der Waals surface area contributed by atoms with Crippen LogP contribution < -0.4 is 20.9 Å². The summed E-state index contributed by atoms with van der Waals surface area (Å²) in [5.41, 5.74) is 8.18. The zero-order chi connectivity index (χ0) is 19.0. The van der Waals surface area contributed by atoms with Crippen molar-refractivity contribution in [2.45, 2.75) is 12.5 Å². The van der Waals surface area contributed by atoms with Gasteiger partial charge < -0.3 is 20.4 Å². The molecule has 2 aromatic carbocycles. The fourth-order valence-corrected chi connectivity index (χ4v) is 3.48. The molecule has 0 saturated carbocycles. The molecule has 3 N–H and O–H groups in total. The van der Waals surface area contributed by atoms with Crippen LogP contribution in [-0.2, 0) is 0 Å². The number of nitrogens with one attached hydrogen (secondary N) is 1. The first-order chi connectivity index (χ1) is 13.1. The van der Waals surface area contributed by atoms with Crippen LogP contribution in [0.15, 0.2) is 41.2 Å². The van der Waals surface area contributed by atoms with Gasteiger partial charge in [0.25, 0.3) is 5.56 Å². The van der Waals surface area contributed by atoms with Crippen molar-refractivity contribution < 1.29 is 9.53 Å². The zero-order valence-corrected chi connectivity index (χ0v) is 14.9. The minimum absolute atomic E-state index is 0.213.